The van der Waals surface area contributed by atoms with Gasteiger partial charge < -0.3 is 43.7 Å². The van der Waals surface area contributed by atoms with Gasteiger partial charge in [0.15, 0.2) is 12.2 Å². The van der Waals surface area contributed by atoms with Crippen LogP contribution in [0, 0.1) is 39.5 Å². The number of phenols is 2. The molecule has 10 rings (SSSR count). The summed E-state index contributed by atoms with van der Waals surface area (Å²) in [5, 5.41) is 30.1. The summed E-state index contributed by atoms with van der Waals surface area (Å²) in [6.07, 6.45) is 2.37. The van der Waals surface area contributed by atoms with Crippen molar-refractivity contribution in [1.29, 1.82) is 0 Å². The predicted octanol–water partition coefficient (Wildman–Crippen LogP) is 19.9. The Morgan fingerprint density at radius 2 is 0.713 bits per heavy atom. The maximum Gasteiger partial charge on any atom is 0.262 e. The number of aromatic hydroxyl groups is 4. The Kier molecular flexibility index (Phi) is 17.7. The first-order valence-electron chi connectivity index (χ1n) is 27.7. The van der Waals surface area contributed by atoms with Gasteiger partial charge in [-0.05, 0) is 143 Å². The van der Waals surface area contributed by atoms with E-state index in [4.69, 9.17) is 9.47 Å². The second-order valence-electron chi connectivity index (χ2n) is 26.0. The number of aryl methyl sites for hydroxylation is 2. The van der Waals surface area contributed by atoms with Crippen molar-refractivity contribution in [3.05, 3.63) is 195 Å². The average molecular weight is 1150 g/mol. The molecule has 2 atom stereocenters. The minimum absolute atomic E-state index is 0. The van der Waals surface area contributed by atoms with Crippen LogP contribution < -0.4 is 0 Å². The molecule has 0 unspecified atom stereocenters. The number of hydrogen-bond donors (Lipinski definition) is 2. The van der Waals surface area contributed by atoms with Gasteiger partial charge in [0.05, 0.1) is 44.6 Å². The van der Waals surface area contributed by atoms with Crippen molar-refractivity contribution in [2.75, 3.05) is 0 Å². The first-order valence-corrected chi connectivity index (χ1v) is 27.7. The van der Waals surface area contributed by atoms with Crippen LogP contribution in [0.1, 0.15) is 125 Å². The topological polar surface area (TPSA) is 75.9 Å². The maximum absolute atomic E-state index is 12.8. The first-order chi connectivity index (χ1) is 36.4. The Hall–Kier alpha value is -6.56. The Morgan fingerprint density at radius 3 is 1.01 bits per heavy atom. The van der Waals surface area contributed by atoms with Crippen molar-refractivity contribution in [3.63, 3.8) is 0 Å². The summed E-state index contributed by atoms with van der Waals surface area (Å²) in [4.78, 5) is 0. The van der Waals surface area contributed by atoms with Crippen LogP contribution in [0.5, 0.6) is 23.0 Å². The number of ether oxygens (including phenoxy) is 2. The van der Waals surface area contributed by atoms with E-state index >= 15 is 0 Å². The van der Waals surface area contributed by atoms with Gasteiger partial charge in [-0.15, -0.1) is 0 Å². The molecule has 0 spiro atoms. The van der Waals surface area contributed by atoms with Gasteiger partial charge >= 0.3 is 0 Å². The third-order valence-corrected chi connectivity index (χ3v) is 15.6. The van der Waals surface area contributed by atoms with E-state index in [1.807, 2.05) is 0 Å². The Labute approximate surface area is 496 Å². The molecule has 6 nitrogen and oxygen atoms in total. The van der Waals surface area contributed by atoms with E-state index in [1.54, 1.807) is 0 Å². The molecule has 0 saturated carbocycles. The van der Waals surface area contributed by atoms with Gasteiger partial charge in [0.25, 0.3) is 11.5 Å². The molecule has 8 aromatic carbocycles. The molecule has 0 aliphatic rings. The molecule has 10 aromatic rings. The minimum atomic E-state index is -0.148. The zero-order valence-corrected chi connectivity index (χ0v) is 52.9. The van der Waals surface area contributed by atoms with Crippen LogP contribution >= 0.6 is 0 Å². The summed E-state index contributed by atoms with van der Waals surface area (Å²) in [6, 6.07) is 55.6. The Balaban J connectivity index is 0.00000308. The molecule has 0 bridgehead atoms. The molecule has 0 aliphatic heterocycles. The number of para-hydroxylation sites is 4. The van der Waals surface area contributed by atoms with Crippen LogP contribution in [0.25, 0.3) is 77.2 Å². The van der Waals surface area contributed by atoms with Crippen molar-refractivity contribution in [3.8, 4) is 56.6 Å². The summed E-state index contributed by atoms with van der Waals surface area (Å²) in [6.45, 7) is 31.7. The normalized spacial score (nSPS) is 13.0. The number of hydrogen-bond acceptors (Lipinski definition) is 2. The number of benzene rings is 8. The van der Waals surface area contributed by atoms with E-state index in [1.165, 1.54) is 11.1 Å². The van der Waals surface area contributed by atoms with Crippen LogP contribution in [0.2, 0.25) is 0 Å². The Bertz CT molecular complexity index is 3500. The van der Waals surface area contributed by atoms with Gasteiger partial charge in [0.2, 0.25) is 0 Å². The molecular formula is C73H86N2O4Zr. The molecule has 0 fully saturated rings. The SMILES string of the molecule is Cc1cc(-c2cc(C(C)(C)CC(C)(C)C)ccc2[OH+][C@H](C)C[C@H](C)[OH+]c2ccc(C(C)(C)CC(C)(C)C)cc2-c2cc(C)cc(-n3c4ccccc4c4ccccc43)c2O)c(O)c(-n2c3ccccc3c3ccccc32)c1.[CH3-].[CH3-].[Zr]. The van der Waals surface area contributed by atoms with E-state index in [9.17, 15) is 10.2 Å². The zero-order chi connectivity index (χ0) is 54.9. The van der Waals surface area contributed by atoms with Crippen molar-refractivity contribution in [2.45, 2.75) is 139 Å². The average Bonchev–Trinajstić information content (AvgIpc) is 3.93. The molecular weight excluding hydrogens is 1060 g/mol. The molecule has 0 saturated heterocycles. The number of fused-ring (bicyclic) bond motifs is 6. The van der Waals surface area contributed by atoms with Crippen molar-refractivity contribution < 1.29 is 45.9 Å². The largest absolute Gasteiger partial charge is 0.580 e. The molecule has 2 heterocycles. The molecule has 80 heavy (non-hydrogen) atoms. The van der Waals surface area contributed by atoms with Crippen molar-refractivity contribution in [2.24, 2.45) is 10.8 Å². The van der Waals surface area contributed by atoms with E-state index in [2.05, 4.69) is 264 Å². The smallest absolute Gasteiger partial charge is 0.262 e. The maximum atomic E-state index is 12.8. The molecule has 0 radical (unpaired) electrons. The summed E-state index contributed by atoms with van der Waals surface area (Å²) in [7, 11) is 0. The van der Waals surface area contributed by atoms with E-state index in [0.717, 1.165) is 113 Å². The number of rotatable bonds is 14. The van der Waals surface area contributed by atoms with Gasteiger partial charge in [0, 0.05) is 84.9 Å². The second kappa shape index (κ2) is 23.1. The monoisotopic (exact) mass is 1140 g/mol. The number of nitrogens with zero attached hydrogens (tertiary/aromatic N) is 2. The standard InChI is InChI=1S/C71H78N2O4.2CH3.Zr/c1-44-35-56(66(74)62(37-44)72-58-27-19-15-23-50(58)51-24-16-20-28-59(51)72)54-40-48(70(11,12)42-68(5,6)7)31-33-64(54)76-46(3)39-47(4)77-65-34-32-49(71(13,14)43-69(8,9)10)41-55(65)57-36-45(2)38-63(67(57)75)73-60-29-21-17-25-52(60)53-26-18-22-30-61(53)73;;;/h15-38,40-41,46-47,74-75H,39,42-43H2,1-14H3;2*1H3;/q;2*-1;/p+2/t46-,47+;;;. The fourth-order valence-corrected chi connectivity index (χ4v) is 13.1. The van der Waals surface area contributed by atoms with Gasteiger partial charge in [0.1, 0.15) is 17.9 Å². The summed E-state index contributed by atoms with van der Waals surface area (Å²) in [5.74, 6) is 2.12. The van der Waals surface area contributed by atoms with Crippen LogP contribution in [0.4, 0.5) is 0 Å². The Morgan fingerprint density at radius 1 is 0.412 bits per heavy atom. The van der Waals surface area contributed by atoms with Crippen LogP contribution in [0.15, 0.2) is 158 Å². The van der Waals surface area contributed by atoms with Gasteiger partial charge in [-0.2, -0.15) is 0 Å². The molecule has 0 amide bonds. The van der Waals surface area contributed by atoms with Crippen molar-refractivity contribution in [1.82, 2.24) is 9.13 Å². The first kappa shape index (κ1) is 61.1. The minimum Gasteiger partial charge on any atom is -0.580 e. The molecule has 7 heteroatoms. The second-order valence-corrected chi connectivity index (χ2v) is 26.0. The fraction of sp³-hybridized carbons (Fsp3) is 0.315. The van der Waals surface area contributed by atoms with Crippen LogP contribution in [-0.2, 0) is 37.0 Å². The zero-order valence-electron chi connectivity index (χ0n) is 50.5. The predicted molar refractivity (Wildman–Crippen MR) is 339 cm³/mol. The molecule has 0 aliphatic carbocycles. The van der Waals surface area contributed by atoms with Crippen LogP contribution in [-0.4, -0.2) is 41.0 Å². The van der Waals surface area contributed by atoms with Gasteiger partial charge in [-0.25, -0.2) is 0 Å². The number of aromatic nitrogens is 2. The van der Waals surface area contributed by atoms with Gasteiger partial charge in [-0.3, -0.25) is 0 Å². The molecule has 416 valence electrons. The number of aliphatic hydroxyl groups is 2. The molecule has 4 N–H and O–H groups in total. The summed E-state index contributed by atoms with van der Waals surface area (Å²) < 4.78 is 15.5. The molecule has 2 aromatic heterocycles. The van der Waals surface area contributed by atoms with E-state index < -0.39 is 0 Å². The third kappa shape index (κ3) is 12.1. The van der Waals surface area contributed by atoms with Crippen molar-refractivity contribution >= 4 is 43.6 Å². The summed E-state index contributed by atoms with van der Waals surface area (Å²) in [5.41, 5.74) is 13.4. The van der Waals surface area contributed by atoms with E-state index in [-0.39, 0.29) is 86.4 Å². The third-order valence-electron chi connectivity index (χ3n) is 15.6. The fourth-order valence-electron chi connectivity index (χ4n) is 13.1. The number of phenolic OH excluding ortho intramolecular Hbond substituents is 2. The quantitative estimate of drug-likeness (QED) is 0.0841. The van der Waals surface area contributed by atoms with E-state index in [0.29, 0.717) is 6.42 Å². The summed E-state index contributed by atoms with van der Waals surface area (Å²) >= 11 is 0. The van der Waals surface area contributed by atoms with Gasteiger partial charge in [-0.1, -0.05) is 142 Å². The van der Waals surface area contributed by atoms with Crippen LogP contribution in [0.3, 0.4) is 0 Å².